The molecule has 0 unspecified atom stereocenters. The number of anilines is 1. The van der Waals surface area contributed by atoms with Crippen LogP contribution in [0.4, 0.5) is 36.4 Å². The van der Waals surface area contributed by atoms with Gasteiger partial charge in [-0.25, -0.2) is 4.39 Å². The number of carbonyl (C=O) groups is 1. The summed E-state index contributed by atoms with van der Waals surface area (Å²) in [7, 11) is 5.27. The van der Waals surface area contributed by atoms with Crippen molar-refractivity contribution < 1.29 is 50.1 Å². The van der Waals surface area contributed by atoms with E-state index in [9.17, 15) is 35.5 Å². The number of carboxylic acid groups (broad SMARTS) is 1. The Morgan fingerprint density at radius 2 is 1.48 bits per heavy atom. The Kier molecular flexibility index (Phi) is 16.2. The van der Waals surface area contributed by atoms with E-state index in [4.69, 9.17) is 20.3 Å². The first-order valence-corrected chi connectivity index (χ1v) is 18.8. The van der Waals surface area contributed by atoms with Crippen LogP contribution >= 0.6 is 0 Å². The number of aryl methyl sites for hydroxylation is 2. The van der Waals surface area contributed by atoms with Crippen molar-refractivity contribution in [2.45, 2.75) is 52.0 Å². The van der Waals surface area contributed by atoms with Crippen LogP contribution in [0.2, 0.25) is 0 Å². The number of piperazine rings is 1. The van der Waals surface area contributed by atoms with Gasteiger partial charge in [0.1, 0.15) is 17.3 Å². The number of halogens is 7. The molecular weight excluding hydrogens is 769 g/mol. The first kappa shape index (κ1) is 45.7. The lowest BCUT2D eigenvalue weighted by atomic mass is 9.92. The van der Waals surface area contributed by atoms with Crippen molar-refractivity contribution in [3.05, 3.63) is 95.3 Å². The summed E-state index contributed by atoms with van der Waals surface area (Å²) in [5.41, 5.74) is 11.6. The van der Waals surface area contributed by atoms with Crippen LogP contribution in [0.3, 0.4) is 0 Å². The van der Waals surface area contributed by atoms with Gasteiger partial charge in [0.15, 0.2) is 0 Å². The summed E-state index contributed by atoms with van der Waals surface area (Å²) in [4.78, 5) is 17.6. The number of methoxy groups -OCH3 is 2. The molecule has 2 aliphatic heterocycles. The Morgan fingerprint density at radius 3 is 2.00 bits per heavy atom. The van der Waals surface area contributed by atoms with Crippen LogP contribution in [0.1, 0.15) is 41.5 Å². The number of hydrogen-bond donors (Lipinski definition) is 2. The maximum atomic E-state index is 14.0. The number of piperidine rings is 1. The lowest BCUT2D eigenvalue weighted by Gasteiger charge is -2.34. The second-order valence-corrected chi connectivity index (χ2v) is 14.4. The maximum Gasteiger partial charge on any atom is 0.391 e. The fourth-order valence-electron chi connectivity index (χ4n) is 7.43. The van der Waals surface area contributed by atoms with E-state index in [1.807, 2.05) is 66.4 Å². The number of hydrogen-bond acceptors (Lipinski definition) is 7. The Morgan fingerprint density at radius 1 is 0.914 bits per heavy atom. The predicted molar refractivity (Wildman–Crippen MR) is 214 cm³/mol. The van der Waals surface area contributed by atoms with Crippen molar-refractivity contribution in [2.75, 3.05) is 65.4 Å². The highest BCUT2D eigenvalue weighted by molar-refractivity contribution is 6.01. The molecule has 4 aromatic carbocycles. The van der Waals surface area contributed by atoms with Gasteiger partial charge in [-0.15, -0.1) is 0 Å². The molecule has 6 rings (SSSR count). The van der Waals surface area contributed by atoms with E-state index in [0.29, 0.717) is 43.1 Å². The van der Waals surface area contributed by atoms with Crippen molar-refractivity contribution >= 4 is 28.1 Å². The molecule has 58 heavy (non-hydrogen) atoms. The smallest absolute Gasteiger partial charge is 0.391 e. The number of fused-ring (bicyclic) bond motifs is 1. The molecule has 2 aliphatic rings. The number of likely N-dealkylation sites (tertiary alicyclic amines) is 1. The number of nitrogens with two attached hydrogens (primary N) is 1. The SMILES string of the molecule is C=C(N)c1c(C)cc(N2CCN(C)CC2)cc1F.COc1cc(CN2CCC(C(F)(F)F)CC2)cc(OC)c1-c1cccc2c(CCC(=O)O)cccc12.FC(F)F. The molecule has 0 amide bonds. The Hall–Kier alpha value is -5.02. The topological polar surface area (TPSA) is 91.5 Å². The number of likely N-dealkylation sites (N-methyl/N-ethyl adjacent to an activating group) is 1. The van der Waals surface area contributed by atoms with Gasteiger partial charge in [-0.3, -0.25) is 9.69 Å². The largest absolute Gasteiger partial charge is 0.496 e. The third-order valence-corrected chi connectivity index (χ3v) is 10.4. The Labute approximate surface area is 334 Å². The summed E-state index contributed by atoms with van der Waals surface area (Å²) in [6.07, 6.45) is -3.45. The number of nitrogens with zero attached hydrogens (tertiary/aromatic N) is 3. The van der Waals surface area contributed by atoms with Crippen LogP contribution < -0.4 is 20.1 Å². The highest BCUT2D eigenvalue weighted by atomic mass is 19.4. The number of alkyl halides is 6. The second kappa shape index (κ2) is 20.6. The number of benzene rings is 4. The first-order valence-electron chi connectivity index (χ1n) is 18.8. The predicted octanol–water partition coefficient (Wildman–Crippen LogP) is 9.31. The number of rotatable bonds is 10. The van der Waals surface area contributed by atoms with Crippen LogP contribution in [-0.4, -0.2) is 94.3 Å². The monoisotopic (exact) mass is 820 g/mol. The maximum absolute atomic E-state index is 14.0. The summed E-state index contributed by atoms with van der Waals surface area (Å²) in [5, 5.41) is 11.0. The molecule has 0 bridgehead atoms. The molecular formula is C43H51F7N4O4. The van der Waals surface area contributed by atoms with E-state index in [-0.39, 0.29) is 30.8 Å². The van der Waals surface area contributed by atoms with E-state index in [2.05, 4.69) is 23.4 Å². The molecule has 8 nitrogen and oxygen atoms in total. The fourth-order valence-corrected chi connectivity index (χ4v) is 7.43. The minimum absolute atomic E-state index is 0.0465. The Bertz CT molecular complexity index is 1960. The molecule has 2 saturated heterocycles. The molecule has 0 saturated carbocycles. The van der Waals surface area contributed by atoms with Gasteiger partial charge in [-0.1, -0.05) is 43.0 Å². The van der Waals surface area contributed by atoms with Gasteiger partial charge in [0.25, 0.3) is 0 Å². The molecule has 3 N–H and O–H groups in total. The number of aliphatic carboxylic acids is 1. The standard InChI is InChI=1S/C28H30F3NO4.C14H20FN3.CHF3/c1-35-24-15-18(17-32-13-11-20(12-14-32)28(29,30)31)16-25(36-2)27(24)23-8-4-6-21-19(9-10-26(33)34)5-3-7-22(21)23;1-10-8-12(9-13(15)14(10)11(2)16)18-6-4-17(3)5-7-18;2-1(3)4/h3-8,15-16,20H,9-14,17H2,1-2H3,(H,33,34);8-9H,2,4-7,16H2,1,3H3;1H. The quantitative estimate of drug-likeness (QED) is 0.153. The van der Waals surface area contributed by atoms with Crippen molar-refractivity contribution in [3.63, 3.8) is 0 Å². The van der Waals surface area contributed by atoms with Gasteiger partial charge in [0, 0.05) is 56.1 Å². The molecule has 4 aromatic rings. The third kappa shape index (κ3) is 12.2. The minimum atomic E-state index is -4.13. The van der Waals surface area contributed by atoms with Crippen molar-refractivity contribution in [1.29, 1.82) is 0 Å². The molecule has 0 spiro atoms. The van der Waals surface area contributed by atoms with E-state index in [0.717, 1.165) is 70.5 Å². The molecule has 0 radical (unpaired) electrons. The molecule has 15 heteroatoms. The average Bonchev–Trinajstić information content (AvgIpc) is 3.16. The number of ether oxygens (including phenoxy) is 2. The summed E-state index contributed by atoms with van der Waals surface area (Å²) in [6, 6.07) is 19.1. The van der Waals surface area contributed by atoms with E-state index in [1.54, 1.807) is 20.3 Å². The Balaban J connectivity index is 0.000000281. The van der Waals surface area contributed by atoms with Crippen molar-refractivity contribution in [3.8, 4) is 22.6 Å². The van der Waals surface area contributed by atoms with Crippen molar-refractivity contribution in [1.82, 2.24) is 9.80 Å². The van der Waals surface area contributed by atoms with Gasteiger partial charge in [-0.2, -0.15) is 26.3 Å². The van der Waals surface area contributed by atoms with Gasteiger partial charge in [0.2, 0.25) is 0 Å². The third-order valence-electron chi connectivity index (χ3n) is 10.4. The highest BCUT2D eigenvalue weighted by Crippen LogP contribution is 2.44. The van der Waals surface area contributed by atoms with Gasteiger partial charge >= 0.3 is 18.8 Å². The van der Waals surface area contributed by atoms with Crippen LogP contribution in [0.5, 0.6) is 11.5 Å². The normalized spacial score (nSPS) is 15.3. The minimum Gasteiger partial charge on any atom is -0.496 e. The van der Waals surface area contributed by atoms with Crippen LogP contribution in [-0.2, 0) is 17.8 Å². The molecule has 0 aliphatic carbocycles. The zero-order chi connectivity index (χ0) is 42.7. The van der Waals surface area contributed by atoms with Gasteiger partial charge in [0.05, 0.1) is 25.7 Å². The van der Waals surface area contributed by atoms with Crippen LogP contribution in [0.15, 0.2) is 67.2 Å². The molecule has 0 atom stereocenters. The van der Waals surface area contributed by atoms with Crippen molar-refractivity contribution in [2.24, 2.45) is 11.7 Å². The summed E-state index contributed by atoms with van der Waals surface area (Å²) in [6.45, 7) is 6.97. The second-order valence-electron chi connectivity index (χ2n) is 14.4. The zero-order valence-corrected chi connectivity index (χ0v) is 33.2. The molecule has 2 heterocycles. The lowest BCUT2D eigenvalue weighted by molar-refractivity contribution is -0.185. The zero-order valence-electron chi connectivity index (χ0n) is 33.2. The van der Waals surface area contributed by atoms with E-state index >= 15 is 0 Å². The summed E-state index contributed by atoms with van der Waals surface area (Å²) >= 11 is 0. The lowest BCUT2D eigenvalue weighted by Crippen LogP contribution is -2.44. The molecule has 316 valence electrons. The van der Waals surface area contributed by atoms with E-state index < -0.39 is 24.7 Å². The fraction of sp³-hybridized carbons (Fsp3) is 0.419. The molecule has 2 fully saturated rings. The summed E-state index contributed by atoms with van der Waals surface area (Å²) < 4.78 is 93.7. The molecule has 0 aromatic heterocycles. The van der Waals surface area contributed by atoms with Gasteiger partial charge in [-0.05, 0) is 104 Å². The van der Waals surface area contributed by atoms with Crippen LogP contribution in [0, 0.1) is 18.7 Å². The number of carboxylic acids is 1. The highest BCUT2D eigenvalue weighted by Gasteiger charge is 2.41. The first-order chi connectivity index (χ1) is 27.4. The average molecular weight is 821 g/mol. The van der Waals surface area contributed by atoms with Gasteiger partial charge < -0.3 is 30.1 Å². The summed E-state index contributed by atoms with van der Waals surface area (Å²) in [5.74, 6) is -1.14. The van der Waals surface area contributed by atoms with E-state index in [1.165, 1.54) is 0 Å². The van der Waals surface area contributed by atoms with Crippen LogP contribution in [0.25, 0.3) is 27.6 Å².